The molecule has 0 aliphatic carbocycles. The molecule has 0 heterocycles. The van der Waals surface area contributed by atoms with Gasteiger partial charge in [-0.15, -0.1) is 0 Å². The monoisotopic (exact) mass is 240 g/mol. The topological polar surface area (TPSA) is 45.0 Å². The second kappa shape index (κ2) is 8.49. The van der Waals surface area contributed by atoms with Crippen molar-refractivity contribution >= 4 is 0 Å². The highest BCUT2D eigenvalue weighted by molar-refractivity contribution is 5.03. The fraction of sp³-hybridized carbons (Fsp3) is 0.929. The average molecular weight is 240 g/mol. The minimum atomic E-state index is -0.402. The van der Waals surface area contributed by atoms with E-state index in [1.165, 1.54) is 0 Å². The molecule has 0 fully saturated rings. The first kappa shape index (κ1) is 16.4. The van der Waals surface area contributed by atoms with Gasteiger partial charge >= 0.3 is 0 Å². The molecule has 3 heteroatoms. The van der Waals surface area contributed by atoms with Crippen molar-refractivity contribution < 1.29 is 4.74 Å². The molecule has 0 spiro atoms. The zero-order valence-corrected chi connectivity index (χ0v) is 12.0. The van der Waals surface area contributed by atoms with Crippen LogP contribution in [-0.2, 0) is 4.74 Å². The third-order valence-electron chi connectivity index (χ3n) is 3.15. The summed E-state index contributed by atoms with van der Waals surface area (Å²) in [7, 11) is 0. The van der Waals surface area contributed by atoms with Gasteiger partial charge in [-0.2, -0.15) is 5.26 Å². The van der Waals surface area contributed by atoms with Crippen molar-refractivity contribution in [3.8, 4) is 6.07 Å². The third kappa shape index (κ3) is 7.36. The summed E-state index contributed by atoms with van der Waals surface area (Å²) in [6.07, 6.45) is 3.12. The molecule has 3 nitrogen and oxygen atoms in total. The first-order valence-electron chi connectivity index (χ1n) is 6.73. The van der Waals surface area contributed by atoms with E-state index in [4.69, 9.17) is 10.00 Å². The molecule has 0 aliphatic rings. The second-order valence-electron chi connectivity index (χ2n) is 5.29. The summed E-state index contributed by atoms with van der Waals surface area (Å²) >= 11 is 0. The Bertz CT molecular complexity index is 235. The lowest BCUT2D eigenvalue weighted by Crippen LogP contribution is -2.41. The van der Waals surface area contributed by atoms with E-state index in [1.807, 2.05) is 6.92 Å². The standard InChI is InChI=1S/C14H28N2O/c1-6-9-16-14(5,11-15)8-7-10-17-13(4)12(2)3/h12-13,16H,6-10H2,1-5H3. The molecule has 0 aromatic carbocycles. The lowest BCUT2D eigenvalue weighted by atomic mass is 9.97. The molecular formula is C14H28N2O. The Hall–Kier alpha value is -0.590. The average Bonchev–Trinajstić information content (AvgIpc) is 2.31. The van der Waals surface area contributed by atoms with Crippen LogP contribution in [0.15, 0.2) is 0 Å². The highest BCUT2D eigenvalue weighted by atomic mass is 16.5. The second-order valence-corrected chi connectivity index (χ2v) is 5.29. The van der Waals surface area contributed by atoms with Crippen LogP contribution in [0.2, 0.25) is 0 Å². The van der Waals surface area contributed by atoms with Crippen LogP contribution in [0.4, 0.5) is 0 Å². The summed E-state index contributed by atoms with van der Waals surface area (Å²) in [6, 6.07) is 2.36. The molecule has 2 unspecified atom stereocenters. The Kier molecular flexibility index (Phi) is 8.20. The zero-order chi connectivity index (χ0) is 13.3. The predicted octanol–water partition coefficient (Wildman–Crippen LogP) is 3.11. The minimum Gasteiger partial charge on any atom is -0.378 e. The van der Waals surface area contributed by atoms with E-state index in [2.05, 4.69) is 39.1 Å². The van der Waals surface area contributed by atoms with Gasteiger partial charge in [0, 0.05) is 6.61 Å². The third-order valence-corrected chi connectivity index (χ3v) is 3.15. The molecule has 0 amide bonds. The van der Waals surface area contributed by atoms with E-state index in [9.17, 15) is 0 Å². The largest absolute Gasteiger partial charge is 0.378 e. The fourth-order valence-electron chi connectivity index (χ4n) is 1.47. The summed E-state index contributed by atoms with van der Waals surface area (Å²) < 4.78 is 5.71. The summed E-state index contributed by atoms with van der Waals surface area (Å²) in [5, 5.41) is 12.4. The predicted molar refractivity (Wildman–Crippen MR) is 71.8 cm³/mol. The van der Waals surface area contributed by atoms with Crippen LogP contribution in [0, 0.1) is 17.2 Å². The molecule has 0 saturated heterocycles. The zero-order valence-electron chi connectivity index (χ0n) is 12.0. The van der Waals surface area contributed by atoms with Crippen molar-refractivity contribution in [2.24, 2.45) is 5.92 Å². The van der Waals surface area contributed by atoms with Crippen molar-refractivity contribution in [1.29, 1.82) is 5.26 Å². The number of nitrogens with zero attached hydrogens (tertiary/aromatic N) is 1. The van der Waals surface area contributed by atoms with Crippen LogP contribution in [0.1, 0.15) is 53.9 Å². The summed E-state index contributed by atoms with van der Waals surface area (Å²) in [6.45, 7) is 12.1. The van der Waals surface area contributed by atoms with E-state index in [-0.39, 0.29) is 0 Å². The van der Waals surface area contributed by atoms with E-state index in [1.54, 1.807) is 0 Å². The van der Waals surface area contributed by atoms with Crippen LogP contribution in [0.5, 0.6) is 0 Å². The van der Waals surface area contributed by atoms with Gasteiger partial charge < -0.3 is 4.74 Å². The minimum absolute atomic E-state index is 0.298. The summed E-state index contributed by atoms with van der Waals surface area (Å²) in [5.74, 6) is 0.551. The summed E-state index contributed by atoms with van der Waals surface area (Å²) in [5.41, 5.74) is -0.402. The maximum absolute atomic E-state index is 9.16. The highest BCUT2D eigenvalue weighted by Gasteiger charge is 2.21. The molecule has 17 heavy (non-hydrogen) atoms. The molecule has 2 atom stereocenters. The molecule has 1 N–H and O–H groups in total. The van der Waals surface area contributed by atoms with Gasteiger partial charge in [-0.1, -0.05) is 20.8 Å². The van der Waals surface area contributed by atoms with Gasteiger partial charge in [-0.05, 0) is 45.6 Å². The van der Waals surface area contributed by atoms with Crippen LogP contribution in [-0.4, -0.2) is 24.8 Å². The molecule has 0 saturated carbocycles. The Balaban J connectivity index is 3.81. The van der Waals surface area contributed by atoms with Crippen molar-refractivity contribution in [2.75, 3.05) is 13.2 Å². The van der Waals surface area contributed by atoms with E-state index >= 15 is 0 Å². The molecule has 0 aromatic heterocycles. The molecule has 0 aromatic rings. The lowest BCUT2D eigenvalue weighted by molar-refractivity contribution is 0.0315. The number of nitriles is 1. The maximum atomic E-state index is 9.16. The van der Waals surface area contributed by atoms with Crippen molar-refractivity contribution in [2.45, 2.75) is 65.5 Å². The van der Waals surface area contributed by atoms with Crippen molar-refractivity contribution in [1.82, 2.24) is 5.32 Å². The van der Waals surface area contributed by atoms with Gasteiger partial charge in [-0.25, -0.2) is 0 Å². The number of hydrogen-bond acceptors (Lipinski definition) is 3. The van der Waals surface area contributed by atoms with Gasteiger partial charge in [-0.3, -0.25) is 5.32 Å². The summed E-state index contributed by atoms with van der Waals surface area (Å²) in [4.78, 5) is 0. The maximum Gasteiger partial charge on any atom is 0.104 e. The normalized spacial score (nSPS) is 16.5. The van der Waals surface area contributed by atoms with Crippen LogP contribution < -0.4 is 5.32 Å². The van der Waals surface area contributed by atoms with Crippen LogP contribution in [0.3, 0.4) is 0 Å². The Morgan fingerprint density at radius 2 is 2.00 bits per heavy atom. The first-order valence-corrected chi connectivity index (χ1v) is 6.73. The Morgan fingerprint density at radius 3 is 2.47 bits per heavy atom. The number of nitrogens with one attached hydrogen (secondary N) is 1. The molecular weight excluding hydrogens is 212 g/mol. The van der Waals surface area contributed by atoms with Gasteiger partial charge in [0.05, 0.1) is 12.2 Å². The van der Waals surface area contributed by atoms with Crippen LogP contribution in [0.25, 0.3) is 0 Å². The molecule has 100 valence electrons. The van der Waals surface area contributed by atoms with Crippen molar-refractivity contribution in [3.63, 3.8) is 0 Å². The van der Waals surface area contributed by atoms with Crippen molar-refractivity contribution in [3.05, 3.63) is 0 Å². The SMILES string of the molecule is CCCNC(C)(C#N)CCCOC(C)C(C)C. The fourth-order valence-corrected chi connectivity index (χ4v) is 1.47. The Labute approximate surface area is 107 Å². The van der Waals surface area contributed by atoms with Gasteiger partial charge in [0.15, 0.2) is 0 Å². The number of rotatable bonds is 9. The highest BCUT2D eigenvalue weighted by Crippen LogP contribution is 2.13. The lowest BCUT2D eigenvalue weighted by Gasteiger charge is -2.23. The number of hydrogen-bond donors (Lipinski definition) is 1. The van der Waals surface area contributed by atoms with Gasteiger partial charge in [0.2, 0.25) is 0 Å². The van der Waals surface area contributed by atoms with Gasteiger partial charge in [0.25, 0.3) is 0 Å². The van der Waals surface area contributed by atoms with Gasteiger partial charge in [0.1, 0.15) is 5.54 Å². The van der Waals surface area contributed by atoms with E-state index in [0.717, 1.165) is 32.4 Å². The number of ether oxygens (including phenoxy) is 1. The molecule has 0 rings (SSSR count). The van der Waals surface area contributed by atoms with Crippen LogP contribution >= 0.6 is 0 Å². The first-order chi connectivity index (χ1) is 7.95. The molecule has 0 bridgehead atoms. The molecule has 0 aliphatic heterocycles. The smallest absolute Gasteiger partial charge is 0.104 e. The molecule has 0 radical (unpaired) electrons. The van der Waals surface area contributed by atoms with E-state index < -0.39 is 5.54 Å². The van der Waals surface area contributed by atoms with E-state index in [0.29, 0.717) is 12.0 Å². The quantitative estimate of drug-likeness (QED) is 0.630. The Morgan fingerprint density at radius 1 is 1.35 bits per heavy atom.